The Morgan fingerprint density at radius 3 is 1.61 bits per heavy atom. The SMILES string of the molecule is CC(=O)CC(=O)c1cccc(C(=O)CC(C)=O)n1. The van der Waals surface area contributed by atoms with Gasteiger partial charge in [0.05, 0.1) is 12.8 Å². The van der Waals surface area contributed by atoms with Crippen molar-refractivity contribution in [3.8, 4) is 0 Å². The summed E-state index contributed by atoms with van der Waals surface area (Å²) < 4.78 is 0. The zero-order chi connectivity index (χ0) is 13.7. The zero-order valence-electron chi connectivity index (χ0n) is 10.2. The third kappa shape index (κ3) is 4.01. The minimum absolute atomic E-state index is 0.0691. The van der Waals surface area contributed by atoms with Crippen LogP contribution in [-0.2, 0) is 9.59 Å². The van der Waals surface area contributed by atoms with Crippen molar-refractivity contribution in [3.05, 3.63) is 29.6 Å². The van der Waals surface area contributed by atoms with Crippen LogP contribution in [0, 0.1) is 0 Å². The minimum atomic E-state index is -0.431. The number of pyridine rings is 1. The molecule has 0 radical (unpaired) electrons. The molecule has 5 heteroatoms. The first-order chi connectivity index (χ1) is 8.40. The fourth-order valence-electron chi connectivity index (χ4n) is 1.38. The molecule has 1 aromatic rings. The number of aromatic nitrogens is 1. The Hall–Kier alpha value is -2.17. The number of rotatable bonds is 6. The van der Waals surface area contributed by atoms with Gasteiger partial charge in [-0.1, -0.05) is 6.07 Å². The molecule has 0 amide bonds. The van der Waals surface area contributed by atoms with Crippen LogP contribution in [0.5, 0.6) is 0 Å². The lowest BCUT2D eigenvalue weighted by Crippen LogP contribution is -2.12. The second-order valence-corrected chi connectivity index (χ2v) is 4.01. The summed E-state index contributed by atoms with van der Waals surface area (Å²) in [6.07, 6.45) is -0.477. The molecule has 0 saturated heterocycles. The van der Waals surface area contributed by atoms with E-state index in [0.29, 0.717) is 0 Å². The van der Waals surface area contributed by atoms with Gasteiger partial charge in [-0.25, -0.2) is 4.98 Å². The maximum Gasteiger partial charge on any atom is 0.188 e. The van der Waals surface area contributed by atoms with Crippen molar-refractivity contribution in [2.45, 2.75) is 26.7 Å². The second-order valence-electron chi connectivity index (χ2n) is 4.01. The monoisotopic (exact) mass is 247 g/mol. The Balaban J connectivity index is 2.92. The first kappa shape index (κ1) is 13.9. The maximum atomic E-state index is 11.6. The predicted molar refractivity (Wildman–Crippen MR) is 63.5 cm³/mol. The molecule has 18 heavy (non-hydrogen) atoms. The predicted octanol–water partition coefficient (Wildman–Crippen LogP) is 1.41. The molecule has 0 N–H and O–H groups in total. The lowest BCUT2D eigenvalue weighted by atomic mass is 10.1. The molecule has 0 aliphatic rings. The van der Waals surface area contributed by atoms with Gasteiger partial charge in [0.1, 0.15) is 23.0 Å². The average molecular weight is 247 g/mol. The lowest BCUT2D eigenvalue weighted by molar-refractivity contribution is -0.117. The van der Waals surface area contributed by atoms with Crippen molar-refractivity contribution < 1.29 is 19.2 Å². The first-order valence-corrected chi connectivity index (χ1v) is 5.42. The molecule has 0 fully saturated rings. The number of carbonyl (C=O) groups is 4. The number of nitrogens with zero attached hydrogens (tertiary/aromatic N) is 1. The number of hydrogen-bond donors (Lipinski definition) is 0. The Morgan fingerprint density at radius 1 is 0.889 bits per heavy atom. The maximum absolute atomic E-state index is 11.6. The third-order valence-corrected chi connectivity index (χ3v) is 2.14. The Labute approximate surface area is 104 Å². The summed E-state index contributed by atoms with van der Waals surface area (Å²) in [5.74, 6) is -1.38. The smallest absolute Gasteiger partial charge is 0.188 e. The normalized spacial score (nSPS) is 9.89. The lowest BCUT2D eigenvalue weighted by Gasteiger charge is -2.01. The van der Waals surface area contributed by atoms with Crippen LogP contribution >= 0.6 is 0 Å². The van der Waals surface area contributed by atoms with E-state index >= 15 is 0 Å². The Bertz CT molecular complexity index is 476. The van der Waals surface area contributed by atoms with Gasteiger partial charge < -0.3 is 0 Å². The number of carbonyl (C=O) groups excluding carboxylic acids is 4. The second kappa shape index (κ2) is 5.95. The van der Waals surface area contributed by atoms with Crippen LogP contribution < -0.4 is 0 Å². The van der Waals surface area contributed by atoms with Gasteiger partial charge in [-0.05, 0) is 26.0 Å². The molecule has 0 aromatic carbocycles. The van der Waals surface area contributed by atoms with Gasteiger partial charge in [0.2, 0.25) is 0 Å². The number of hydrogen-bond acceptors (Lipinski definition) is 5. The van der Waals surface area contributed by atoms with Crippen LogP contribution in [0.3, 0.4) is 0 Å². The zero-order valence-corrected chi connectivity index (χ0v) is 10.2. The van der Waals surface area contributed by atoms with Crippen LogP contribution in [-0.4, -0.2) is 28.1 Å². The highest BCUT2D eigenvalue weighted by atomic mass is 16.2. The highest BCUT2D eigenvalue weighted by molar-refractivity contribution is 6.08. The summed E-state index contributed by atoms with van der Waals surface area (Å²) in [6.45, 7) is 2.62. The molecule has 94 valence electrons. The molecule has 0 spiro atoms. The average Bonchev–Trinajstić information content (AvgIpc) is 2.27. The Kier molecular flexibility index (Phi) is 4.59. The fraction of sp³-hybridized carbons (Fsp3) is 0.308. The summed E-state index contributed by atoms with van der Waals surface area (Å²) >= 11 is 0. The molecular weight excluding hydrogens is 234 g/mol. The summed E-state index contributed by atoms with van der Waals surface area (Å²) in [5.41, 5.74) is 0.138. The summed E-state index contributed by atoms with van der Waals surface area (Å²) in [7, 11) is 0. The van der Waals surface area contributed by atoms with Crippen molar-refractivity contribution in [1.29, 1.82) is 0 Å². The Morgan fingerprint density at radius 2 is 1.28 bits per heavy atom. The van der Waals surface area contributed by atoms with E-state index in [1.165, 1.54) is 32.0 Å². The first-order valence-electron chi connectivity index (χ1n) is 5.42. The van der Waals surface area contributed by atoms with Gasteiger partial charge in [0.25, 0.3) is 0 Å². The van der Waals surface area contributed by atoms with Crippen molar-refractivity contribution in [2.24, 2.45) is 0 Å². The number of ketones is 4. The largest absolute Gasteiger partial charge is 0.300 e. The van der Waals surface area contributed by atoms with Crippen molar-refractivity contribution in [1.82, 2.24) is 4.98 Å². The molecule has 0 aliphatic carbocycles. The van der Waals surface area contributed by atoms with Gasteiger partial charge in [-0.3, -0.25) is 19.2 Å². The van der Waals surface area contributed by atoms with Crippen LogP contribution in [0.4, 0.5) is 0 Å². The summed E-state index contributed by atoms with van der Waals surface area (Å²) in [5, 5.41) is 0. The molecule has 1 heterocycles. The van der Waals surface area contributed by atoms with E-state index in [4.69, 9.17) is 0 Å². The molecular formula is C13H13NO4. The van der Waals surface area contributed by atoms with Crippen LogP contribution in [0.1, 0.15) is 47.7 Å². The fourth-order valence-corrected chi connectivity index (χ4v) is 1.38. The van der Waals surface area contributed by atoms with Gasteiger partial charge in [0, 0.05) is 0 Å². The van der Waals surface area contributed by atoms with Gasteiger partial charge in [-0.15, -0.1) is 0 Å². The minimum Gasteiger partial charge on any atom is -0.300 e. The third-order valence-electron chi connectivity index (χ3n) is 2.14. The van der Waals surface area contributed by atoms with E-state index in [2.05, 4.69) is 4.98 Å². The van der Waals surface area contributed by atoms with E-state index in [9.17, 15) is 19.2 Å². The molecule has 0 bridgehead atoms. The van der Waals surface area contributed by atoms with Crippen LogP contribution in [0.25, 0.3) is 0 Å². The van der Waals surface area contributed by atoms with E-state index in [1.54, 1.807) is 0 Å². The van der Waals surface area contributed by atoms with Crippen molar-refractivity contribution >= 4 is 23.1 Å². The molecule has 1 aromatic heterocycles. The van der Waals surface area contributed by atoms with Crippen LogP contribution in [0.15, 0.2) is 18.2 Å². The summed E-state index contributed by atoms with van der Waals surface area (Å²) in [6, 6.07) is 4.39. The van der Waals surface area contributed by atoms with Crippen molar-refractivity contribution in [3.63, 3.8) is 0 Å². The van der Waals surface area contributed by atoms with Crippen molar-refractivity contribution in [2.75, 3.05) is 0 Å². The van der Waals surface area contributed by atoms with E-state index in [-0.39, 0.29) is 35.8 Å². The van der Waals surface area contributed by atoms with E-state index in [0.717, 1.165) is 0 Å². The molecule has 5 nitrogen and oxygen atoms in total. The highest BCUT2D eigenvalue weighted by Gasteiger charge is 2.14. The molecule has 0 saturated carbocycles. The van der Waals surface area contributed by atoms with E-state index in [1.807, 2.05) is 0 Å². The topological polar surface area (TPSA) is 81.2 Å². The van der Waals surface area contributed by atoms with Gasteiger partial charge in [-0.2, -0.15) is 0 Å². The molecule has 0 aliphatic heterocycles. The van der Waals surface area contributed by atoms with Gasteiger partial charge in [0.15, 0.2) is 11.6 Å². The molecule has 0 unspecified atom stereocenters. The summed E-state index contributed by atoms with van der Waals surface area (Å²) in [4.78, 5) is 48.7. The molecule has 1 rings (SSSR count). The standard InChI is InChI=1S/C13H13NO4/c1-8(15)6-12(17)10-4-3-5-11(14-10)13(18)7-9(2)16/h3-5H,6-7H2,1-2H3. The van der Waals surface area contributed by atoms with Crippen LogP contribution in [0.2, 0.25) is 0 Å². The quantitative estimate of drug-likeness (QED) is 0.560. The van der Waals surface area contributed by atoms with E-state index < -0.39 is 11.6 Å². The van der Waals surface area contributed by atoms with Gasteiger partial charge >= 0.3 is 0 Å². The highest BCUT2D eigenvalue weighted by Crippen LogP contribution is 2.06. The number of Topliss-reactive ketones (excluding diaryl/α,β-unsaturated/α-hetero) is 4. The molecule has 0 atom stereocenters.